The quantitative estimate of drug-likeness (QED) is 0.729. The van der Waals surface area contributed by atoms with E-state index >= 15 is 0 Å². The van der Waals surface area contributed by atoms with E-state index in [-0.39, 0.29) is 5.91 Å². The lowest BCUT2D eigenvalue weighted by molar-refractivity contribution is 0.0946. The molecule has 0 aliphatic heterocycles. The van der Waals surface area contributed by atoms with E-state index in [1.807, 2.05) is 30.3 Å². The molecule has 0 unspecified atom stereocenters. The maximum atomic E-state index is 12.2. The van der Waals surface area contributed by atoms with Gasteiger partial charge < -0.3 is 10.6 Å². The molecule has 2 N–H and O–H groups in total. The van der Waals surface area contributed by atoms with E-state index in [1.54, 1.807) is 37.1 Å². The van der Waals surface area contributed by atoms with Gasteiger partial charge in [0.2, 0.25) is 0 Å². The molecular weight excluding hydrogens is 302 g/mol. The number of nitrogens with zero attached hydrogens (tertiary/aromatic N) is 3. The van der Waals surface area contributed by atoms with Crippen molar-refractivity contribution in [3.63, 3.8) is 0 Å². The Bertz CT molecular complexity index is 793. The molecule has 0 aliphatic carbocycles. The minimum Gasteiger partial charge on any atom is -0.381 e. The average molecular weight is 319 g/mol. The fraction of sp³-hybridized carbons (Fsp3) is 0.111. The molecule has 24 heavy (non-hydrogen) atoms. The molecular formula is C18H17N5O. The van der Waals surface area contributed by atoms with Crippen molar-refractivity contribution < 1.29 is 4.79 Å². The van der Waals surface area contributed by atoms with Gasteiger partial charge in [-0.05, 0) is 35.4 Å². The topological polar surface area (TPSA) is 79.8 Å². The fourth-order valence-corrected chi connectivity index (χ4v) is 2.15. The van der Waals surface area contributed by atoms with E-state index in [2.05, 4.69) is 25.6 Å². The van der Waals surface area contributed by atoms with Crippen molar-refractivity contribution in [1.29, 1.82) is 0 Å². The van der Waals surface area contributed by atoms with Crippen molar-refractivity contribution in [3.05, 3.63) is 84.2 Å². The highest BCUT2D eigenvalue weighted by Crippen LogP contribution is 2.10. The Kier molecular flexibility index (Phi) is 5.09. The third kappa shape index (κ3) is 4.36. The molecule has 0 atom stereocenters. The Morgan fingerprint density at radius 2 is 1.62 bits per heavy atom. The summed E-state index contributed by atoms with van der Waals surface area (Å²) in [6.45, 7) is 1.05. The van der Waals surface area contributed by atoms with Gasteiger partial charge in [-0.15, -0.1) is 0 Å². The van der Waals surface area contributed by atoms with Crippen LogP contribution in [0.5, 0.6) is 0 Å². The molecule has 3 aromatic heterocycles. The highest BCUT2D eigenvalue weighted by molar-refractivity contribution is 5.93. The summed E-state index contributed by atoms with van der Waals surface area (Å²) >= 11 is 0. The zero-order valence-corrected chi connectivity index (χ0v) is 13.0. The standard InChI is InChI=1S/C18H17N5O/c24-18(23-13-15-4-2-7-20-11-15)17-9-16(5-8-21-17)22-12-14-3-1-6-19-10-14/h1-11H,12-13H2,(H,21,22)(H,23,24). The van der Waals surface area contributed by atoms with Crippen molar-refractivity contribution in [2.24, 2.45) is 0 Å². The van der Waals surface area contributed by atoms with Crippen LogP contribution in [-0.2, 0) is 13.1 Å². The molecule has 6 nitrogen and oxygen atoms in total. The van der Waals surface area contributed by atoms with Crippen LogP contribution in [0.1, 0.15) is 21.6 Å². The van der Waals surface area contributed by atoms with Gasteiger partial charge in [0.1, 0.15) is 5.69 Å². The van der Waals surface area contributed by atoms with Crippen molar-refractivity contribution in [2.45, 2.75) is 13.1 Å². The minimum absolute atomic E-state index is 0.219. The van der Waals surface area contributed by atoms with Gasteiger partial charge in [-0.2, -0.15) is 0 Å². The van der Waals surface area contributed by atoms with E-state index in [1.165, 1.54) is 0 Å². The van der Waals surface area contributed by atoms with Crippen LogP contribution in [0, 0.1) is 0 Å². The lowest BCUT2D eigenvalue weighted by Crippen LogP contribution is -2.23. The van der Waals surface area contributed by atoms with Gasteiger partial charge in [-0.25, -0.2) is 0 Å². The van der Waals surface area contributed by atoms with Gasteiger partial charge in [0, 0.05) is 49.8 Å². The monoisotopic (exact) mass is 319 g/mol. The molecule has 0 aliphatic rings. The molecule has 0 bridgehead atoms. The second-order valence-corrected chi connectivity index (χ2v) is 5.19. The number of anilines is 1. The van der Waals surface area contributed by atoms with Crippen LogP contribution >= 0.6 is 0 Å². The number of carbonyl (C=O) groups excluding carboxylic acids is 1. The summed E-state index contributed by atoms with van der Waals surface area (Å²) in [5.41, 5.74) is 3.21. The van der Waals surface area contributed by atoms with Gasteiger partial charge in [0.25, 0.3) is 5.91 Å². The van der Waals surface area contributed by atoms with Crippen molar-refractivity contribution in [1.82, 2.24) is 20.3 Å². The Labute approximate surface area is 140 Å². The predicted octanol–water partition coefficient (Wildman–Crippen LogP) is 2.41. The first kappa shape index (κ1) is 15.6. The number of rotatable bonds is 6. The molecule has 1 amide bonds. The van der Waals surface area contributed by atoms with Crippen LogP contribution in [0.2, 0.25) is 0 Å². The summed E-state index contributed by atoms with van der Waals surface area (Å²) in [6, 6.07) is 11.2. The van der Waals surface area contributed by atoms with Crippen LogP contribution in [0.25, 0.3) is 0 Å². The molecule has 3 aromatic rings. The van der Waals surface area contributed by atoms with Crippen LogP contribution in [0.4, 0.5) is 5.69 Å². The van der Waals surface area contributed by atoms with E-state index in [4.69, 9.17) is 0 Å². The SMILES string of the molecule is O=C(NCc1cccnc1)c1cc(NCc2cccnc2)ccn1. The summed E-state index contributed by atoms with van der Waals surface area (Å²) < 4.78 is 0. The third-order valence-electron chi connectivity index (χ3n) is 3.39. The second kappa shape index (κ2) is 7.82. The van der Waals surface area contributed by atoms with Crippen LogP contribution in [0.3, 0.4) is 0 Å². The number of amides is 1. The first-order chi connectivity index (χ1) is 11.8. The van der Waals surface area contributed by atoms with Gasteiger partial charge in [0.05, 0.1) is 0 Å². The van der Waals surface area contributed by atoms with E-state index in [9.17, 15) is 4.79 Å². The normalized spacial score (nSPS) is 10.2. The number of hydrogen-bond donors (Lipinski definition) is 2. The van der Waals surface area contributed by atoms with Crippen molar-refractivity contribution in [3.8, 4) is 0 Å². The largest absolute Gasteiger partial charge is 0.381 e. The van der Waals surface area contributed by atoms with Crippen LogP contribution < -0.4 is 10.6 Å². The Morgan fingerprint density at radius 3 is 2.29 bits per heavy atom. The maximum Gasteiger partial charge on any atom is 0.270 e. The molecule has 3 heterocycles. The Morgan fingerprint density at radius 1 is 0.917 bits per heavy atom. The second-order valence-electron chi connectivity index (χ2n) is 5.19. The molecule has 0 saturated heterocycles. The molecule has 120 valence electrons. The highest BCUT2D eigenvalue weighted by Gasteiger charge is 2.07. The van der Waals surface area contributed by atoms with Gasteiger partial charge in [-0.3, -0.25) is 19.7 Å². The molecule has 0 aromatic carbocycles. The molecule has 0 radical (unpaired) electrons. The number of pyridine rings is 3. The summed E-state index contributed by atoms with van der Waals surface area (Å²) in [6.07, 6.45) is 8.57. The summed E-state index contributed by atoms with van der Waals surface area (Å²) in [4.78, 5) is 24.4. The average Bonchev–Trinajstić information content (AvgIpc) is 2.66. The van der Waals surface area contributed by atoms with Crippen molar-refractivity contribution >= 4 is 11.6 Å². The van der Waals surface area contributed by atoms with E-state index < -0.39 is 0 Å². The van der Waals surface area contributed by atoms with Crippen molar-refractivity contribution in [2.75, 3.05) is 5.32 Å². The number of carbonyl (C=O) groups is 1. The fourth-order valence-electron chi connectivity index (χ4n) is 2.15. The zero-order valence-electron chi connectivity index (χ0n) is 13.0. The van der Waals surface area contributed by atoms with Crippen LogP contribution in [-0.4, -0.2) is 20.9 Å². The number of aromatic nitrogens is 3. The first-order valence-electron chi connectivity index (χ1n) is 7.57. The van der Waals surface area contributed by atoms with Gasteiger partial charge in [0.15, 0.2) is 0 Å². The predicted molar refractivity (Wildman–Crippen MR) is 91.2 cm³/mol. The van der Waals surface area contributed by atoms with Crippen LogP contribution in [0.15, 0.2) is 67.4 Å². The minimum atomic E-state index is -0.219. The van der Waals surface area contributed by atoms with E-state index in [0.29, 0.717) is 18.8 Å². The zero-order chi connectivity index (χ0) is 16.6. The maximum absolute atomic E-state index is 12.2. The molecule has 6 heteroatoms. The summed E-state index contributed by atoms with van der Waals surface area (Å²) in [5, 5.41) is 6.10. The first-order valence-corrected chi connectivity index (χ1v) is 7.57. The number of nitrogens with one attached hydrogen (secondary N) is 2. The van der Waals surface area contributed by atoms with Gasteiger partial charge >= 0.3 is 0 Å². The molecule has 0 saturated carbocycles. The lowest BCUT2D eigenvalue weighted by atomic mass is 10.2. The lowest BCUT2D eigenvalue weighted by Gasteiger charge is -2.08. The molecule has 3 rings (SSSR count). The number of hydrogen-bond acceptors (Lipinski definition) is 5. The molecule has 0 fully saturated rings. The smallest absolute Gasteiger partial charge is 0.270 e. The summed E-state index contributed by atoms with van der Waals surface area (Å²) in [5.74, 6) is -0.219. The summed E-state index contributed by atoms with van der Waals surface area (Å²) in [7, 11) is 0. The van der Waals surface area contributed by atoms with E-state index in [0.717, 1.165) is 16.8 Å². The highest BCUT2D eigenvalue weighted by atomic mass is 16.1. The van der Waals surface area contributed by atoms with Gasteiger partial charge in [-0.1, -0.05) is 12.1 Å². The molecule has 0 spiro atoms. The Balaban J connectivity index is 1.59. The Hall–Kier alpha value is -3.28. The third-order valence-corrected chi connectivity index (χ3v) is 3.39.